The van der Waals surface area contributed by atoms with Gasteiger partial charge in [0.15, 0.2) is 0 Å². The summed E-state index contributed by atoms with van der Waals surface area (Å²) in [4.78, 5) is 18.5. The van der Waals surface area contributed by atoms with Crippen LogP contribution >= 0.6 is 0 Å². The molecule has 1 fully saturated rings. The van der Waals surface area contributed by atoms with Gasteiger partial charge < -0.3 is 15.6 Å². The fraction of sp³-hybridized carbons (Fsp3) is 0.312. The number of rotatable bonds is 2. The standard InChI is InChI=1S/C16H18N6/c1-10-3-2-8-22(10)13-5-7-18-15-14(13)11(9-20-15)12-4-6-19-16(17)21-12/h4-7,9-10H,2-3,8H2,1H3,(H,18,20)(H2,17,19,21)/t10-/m1/s1. The van der Waals surface area contributed by atoms with Crippen LogP contribution in [0.15, 0.2) is 30.7 Å². The average Bonchev–Trinajstić information content (AvgIpc) is 3.13. The summed E-state index contributed by atoms with van der Waals surface area (Å²) < 4.78 is 0. The van der Waals surface area contributed by atoms with E-state index in [1.165, 1.54) is 18.5 Å². The van der Waals surface area contributed by atoms with Crippen LogP contribution in [-0.2, 0) is 0 Å². The molecule has 1 atom stereocenters. The Morgan fingerprint density at radius 1 is 1.27 bits per heavy atom. The Kier molecular flexibility index (Phi) is 2.96. The lowest BCUT2D eigenvalue weighted by Gasteiger charge is -2.24. The molecule has 0 unspecified atom stereocenters. The zero-order valence-corrected chi connectivity index (χ0v) is 12.5. The van der Waals surface area contributed by atoms with E-state index in [9.17, 15) is 0 Å². The van der Waals surface area contributed by atoms with Gasteiger partial charge in [-0.05, 0) is 31.9 Å². The zero-order valence-electron chi connectivity index (χ0n) is 12.5. The van der Waals surface area contributed by atoms with Crippen LogP contribution in [0.1, 0.15) is 19.8 Å². The number of pyridine rings is 1. The summed E-state index contributed by atoms with van der Waals surface area (Å²) in [5.41, 5.74) is 9.66. The van der Waals surface area contributed by atoms with Crippen molar-refractivity contribution >= 4 is 22.7 Å². The molecule has 3 aromatic rings. The molecule has 1 saturated heterocycles. The normalized spacial score (nSPS) is 18.2. The molecule has 0 bridgehead atoms. The van der Waals surface area contributed by atoms with E-state index in [1.54, 1.807) is 6.20 Å². The van der Waals surface area contributed by atoms with E-state index in [0.717, 1.165) is 28.8 Å². The molecule has 0 aliphatic carbocycles. The first-order valence-corrected chi connectivity index (χ1v) is 7.55. The SMILES string of the molecule is C[C@@H]1CCCN1c1ccnc2[nH]cc(-c3ccnc(N)n3)c12. The fourth-order valence-corrected chi connectivity index (χ4v) is 3.30. The molecular formula is C16H18N6. The topological polar surface area (TPSA) is 83.7 Å². The Bertz CT molecular complexity index is 824. The molecule has 3 aromatic heterocycles. The second-order valence-electron chi connectivity index (χ2n) is 5.74. The third-order valence-corrected chi connectivity index (χ3v) is 4.36. The van der Waals surface area contributed by atoms with Crippen LogP contribution in [0.2, 0.25) is 0 Å². The summed E-state index contributed by atoms with van der Waals surface area (Å²) in [6.07, 6.45) is 7.95. The maximum atomic E-state index is 5.73. The Morgan fingerprint density at radius 2 is 2.14 bits per heavy atom. The van der Waals surface area contributed by atoms with E-state index in [1.807, 2.05) is 18.5 Å². The van der Waals surface area contributed by atoms with Crippen LogP contribution in [0.4, 0.5) is 11.6 Å². The van der Waals surface area contributed by atoms with Crippen LogP contribution < -0.4 is 10.6 Å². The van der Waals surface area contributed by atoms with Gasteiger partial charge in [-0.15, -0.1) is 0 Å². The van der Waals surface area contributed by atoms with E-state index in [4.69, 9.17) is 5.73 Å². The number of nitrogens with two attached hydrogens (primary N) is 1. The molecule has 0 aromatic carbocycles. The number of nitrogens with zero attached hydrogens (tertiary/aromatic N) is 4. The molecule has 1 aliphatic heterocycles. The van der Waals surface area contributed by atoms with Crippen molar-refractivity contribution in [2.24, 2.45) is 0 Å². The molecule has 112 valence electrons. The van der Waals surface area contributed by atoms with Gasteiger partial charge in [-0.2, -0.15) is 0 Å². The van der Waals surface area contributed by atoms with Crippen molar-refractivity contribution in [1.29, 1.82) is 0 Å². The maximum Gasteiger partial charge on any atom is 0.220 e. The van der Waals surface area contributed by atoms with Gasteiger partial charge >= 0.3 is 0 Å². The van der Waals surface area contributed by atoms with Crippen molar-refractivity contribution in [2.75, 3.05) is 17.2 Å². The predicted molar refractivity (Wildman–Crippen MR) is 87.6 cm³/mol. The summed E-state index contributed by atoms with van der Waals surface area (Å²) in [5.74, 6) is 0.284. The number of aromatic nitrogens is 4. The van der Waals surface area contributed by atoms with Crippen LogP contribution in [-0.4, -0.2) is 32.5 Å². The van der Waals surface area contributed by atoms with E-state index >= 15 is 0 Å². The Morgan fingerprint density at radius 3 is 2.91 bits per heavy atom. The highest BCUT2D eigenvalue weighted by molar-refractivity contribution is 6.02. The minimum atomic E-state index is 0.284. The van der Waals surface area contributed by atoms with Crippen molar-refractivity contribution in [1.82, 2.24) is 19.9 Å². The molecule has 22 heavy (non-hydrogen) atoms. The Balaban J connectivity index is 1.93. The number of aromatic amines is 1. The first kappa shape index (κ1) is 13.1. The molecule has 0 saturated carbocycles. The lowest BCUT2D eigenvalue weighted by atomic mass is 10.1. The van der Waals surface area contributed by atoms with Crippen LogP contribution in [0.25, 0.3) is 22.3 Å². The zero-order chi connectivity index (χ0) is 15.1. The maximum absolute atomic E-state index is 5.73. The highest BCUT2D eigenvalue weighted by Gasteiger charge is 2.24. The Hall–Kier alpha value is -2.63. The van der Waals surface area contributed by atoms with Crippen molar-refractivity contribution in [3.05, 3.63) is 30.7 Å². The largest absolute Gasteiger partial charge is 0.368 e. The molecule has 6 nitrogen and oxygen atoms in total. The van der Waals surface area contributed by atoms with Gasteiger partial charge in [0.25, 0.3) is 0 Å². The summed E-state index contributed by atoms with van der Waals surface area (Å²) in [6.45, 7) is 3.35. The first-order chi connectivity index (χ1) is 10.7. The molecule has 3 N–H and O–H groups in total. The fourth-order valence-electron chi connectivity index (χ4n) is 3.30. The van der Waals surface area contributed by atoms with Crippen molar-refractivity contribution in [3.8, 4) is 11.3 Å². The van der Waals surface area contributed by atoms with Gasteiger partial charge in [0, 0.05) is 36.7 Å². The third-order valence-electron chi connectivity index (χ3n) is 4.36. The van der Waals surface area contributed by atoms with Gasteiger partial charge in [0.05, 0.1) is 16.8 Å². The number of hydrogen-bond donors (Lipinski definition) is 2. The van der Waals surface area contributed by atoms with E-state index in [0.29, 0.717) is 6.04 Å². The molecule has 0 spiro atoms. The highest BCUT2D eigenvalue weighted by atomic mass is 15.2. The molecule has 6 heteroatoms. The minimum Gasteiger partial charge on any atom is -0.368 e. The lowest BCUT2D eigenvalue weighted by molar-refractivity contribution is 0.736. The summed E-state index contributed by atoms with van der Waals surface area (Å²) in [6, 6.07) is 4.51. The van der Waals surface area contributed by atoms with Crippen molar-refractivity contribution in [2.45, 2.75) is 25.8 Å². The molecule has 4 rings (SSSR count). The number of hydrogen-bond acceptors (Lipinski definition) is 5. The van der Waals surface area contributed by atoms with Gasteiger partial charge in [-0.3, -0.25) is 0 Å². The predicted octanol–water partition coefficient (Wildman–Crippen LogP) is 2.59. The summed E-state index contributed by atoms with van der Waals surface area (Å²) in [5, 5.41) is 1.11. The molecule has 4 heterocycles. The molecular weight excluding hydrogens is 276 g/mol. The number of anilines is 2. The van der Waals surface area contributed by atoms with E-state index in [-0.39, 0.29) is 5.95 Å². The molecule has 0 amide bonds. The second kappa shape index (κ2) is 4.98. The third kappa shape index (κ3) is 1.99. The number of fused-ring (bicyclic) bond motifs is 1. The van der Waals surface area contributed by atoms with E-state index in [2.05, 4.69) is 37.8 Å². The summed E-state index contributed by atoms with van der Waals surface area (Å²) >= 11 is 0. The highest BCUT2D eigenvalue weighted by Crippen LogP contribution is 2.36. The second-order valence-corrected chi connectivity index (χ2v) is 5.74. The lowest BCUT2D eigenvalue weighted by Crippen LogP contribution is -2.26. The van der Waals surface area contributed by atoms with E-state index < -0.39 is 0 Å². The first-order valence-electron chi connectivity index (χ1n) is 7.55. The van der Waals surface area contributed by atoms with Gasteiger partial charge in [-0.25, -0.2) is 15.0 Å². The number of nitrogens with one attached hydrogen (secondary N) is 1. The van der Waals surface area contributed by atoms with Gasteiger partial charge in [0.2, 0.25) is 5.95 Å². The molecule has 0 radical (unpaired) electrons. The minimum absolute atomic E-state index is 0.284. The number of nitrogen functional groups attached to an aromatic ring is 1. The average molecular weight is 294 g/mol. The Labute approximate surface area is 128 Å². The van der Waals surface area contributed by atoms with Crippen LogP contribution in [0.5, 0.6) is 0 Å². The van der Waals surface area contributed by atoms with Crippen LogP contribution in [0.3, 0.4) is 0 Å². The number of H-pyrrole nitrogens is 1. The molecule has 1 aliphatic rings. The van der Waals surface area contributed by atoms with Crippen molar-refractivity contribution in [3.63, 3.8) is 0 Å². The van der Waals surface area contributed by atoms with Crippen molar-refractivity contribution < 1.29 is 0 Å². The monoisotopic (exact) mass is 294 g/mol. The quantitative estimate of drug-likeness (QED) is 0.759. The van der Waals surface area contributed by atoms with Crippen LogP contribution in [0, 0.1) is 0 Å². The smallest absolute Gasteiger partial charge is 0.220 e. The van der Waals surface area contributed by atoms with Gasteiger partial charge in [-0.1, -0.05) is 0 Å². The van der Waals surface area contributed by atoms with Gasteiger partial charge in [0.1, 0.15) is 5.65 Å². The summed E-state index contributed by atoms with van der Waals surface area (Å²) in [7, 11) is 0.